The van der Waals surface area contributed by atoms with Gasteiger partial charge < -0.3 is 5.73 Å². The summed E-state index contributed by atoms with van der Waals surface area (Å²) >= 11 is 5.99. The van der Waals surface area contributed by atoms with Crippen LogP contribution >= 0.6 is 11.6 Å². The maximum Gasteiger partial charge on any atom is 0.0499 e. The van der Waals surface area contributed by atoms with Gasteiger partial charge in [-0.25, -0.2) is 0 Å². The van der Waals surface area contributed by atoms with Crippen LogP contribution < -0.4 is 5.73 Å². The van der Waals surface area contributed by atoms with Crippen molar-refractivity contribution in [2.24, 2.45) is 5.73 Å². The zero-order valence-electron chi connectivity index (χ0n) is 12.7. The SMILES string of the molecule is CCC(N)C(c1ccc(Cl)cc1)N(C)Cc1ccccc1. The average Bonchev–Trinajstić information content (AvgIpc) is 2.50. The van der Waals surface area contributed by atoms with E-state index < -0.39 is 0 Å². The van der Waals surface area contributed by atoms with Crippen LogP contribution in [-0.4, -0.2) is 18.0 Å². The van der Waals surface area contributed by atoms with Crippen molar-refractivity contribution in [1.82, 2.24) is 4.90 Å². The minimum Gasteiger partial charge on any atom is -0.326 e. The minimum absolute atomic E-state index is 0.0971. The number of hydrogen-bond acceptors (Lipinski definition) is 2. The lowest BCUT2D eigenvalue weighted by molar-refractivity contribution is 0.201. The Morgan fingerprint density at radius 1 is 1.05 bits per heavy atom. The van der Waals surface area contributed by atoms with Crippen molar-refractivity contribution >= 4 is 11.6 Å². The van der Waals surface area contributed by atoms with Gasteiger partial charge in [0.2, 0.25) is 0 Å². The maximum absolute atomic E-state index is 6.37. The molecule has 2 unspecified atom stereocenters. The molecule has 0 heterocycles. The Kier molecular flexibility index (Phi) is 5.80. The van der Waals surface area contributed by atoms with E-state index in [-0.39, 0.29) is 12.1 Å². The van der Waals surface area contributed by atoms with Gasteiger partial charge in [0, 0.05) is 23.7 Å². The second-order valence-electron chi connectivity index (χ2n) is 5.47. The molecule has 0 spiro atoms. The quantitative estimate of drug-likeness (QED) is 0.864. The van der Waals surface area contributed by atoms with E-state index in [2.05, 4.69) is 55.3 Å². The number of nitrogens with two attached hydrogens (primary N) is 1. The summed E-state index contributed by atoms with van der Waals surface area (Å²) in [4.78, 5) is 2.31. The Bertz CT molecular complexity index is 539. The van der Waals surface area contributed by atoms with Crippen LogP contribution in [0, 0.1) is 0 Å². The first-order valence-electron chi connectivity index (χ1n) is 7.37. The molecule has 2 aromatic rings. The van der Waals surface area contributed by atoms with Crippen LogP contribution in [0.3, 0.4) is 0 Å². The second-order valence-corrected chi connectivity index (χ2v) is 5.91. The molecule has 2 aromatic carbocycles. The molecule has 0 aliphatic heterocycles. The highest BCUT2D eigenvalue weighted by molar-refractivity contribution is 6.30. The fourth-order valence-corrected chi connectivity index (χ4v) is 2.81. The molecular formula is C18H23ClN2. The summed E-state index contributed by atoms with van der Waals surface area (Å²) in [6.45, 7) is 3.01. The Labute approximate surface area is 132 Å². The monoisotopic (exact) mass is 302 g/mol. The van der Waals surface area contributed by atoms with Gasteiger partial charge in [-0.15, -0.1) is 0 Å². The maximum atomic E-state index is 6.37. The molecule has 2 rings (SSSR count). The second kappa shape index (κ2) is 7.60. The van der Waals surface area contributed by atoms with Crippen LogP contribution in [0.4, 0.5) is 0 Å². The smallest absolute Gasteiger partial charge is 0.0499 e. The molecule has 2 atom stereocenters. The lowest BCUT2D eigenvalue weighted by Crippen LogP contribution is -2.38. The summed E-state index contributed by atoms with van der Waals surface area (Å²) in [6, 6.07) is 18.8. The van der Waals surface area contributed by atoms with E-state index in [1.54, 1.807) is 0 Å². The fourth-order valence-electron chi connectivity index (χ4n) is 2.68. The normalized spacial score (nSPS) is 14.1. The molecule has 0 aromatic heterocycles. The van der Waals surface area contributed by atoms with Crippen molar-refractivity contribution in [2.75, 3.05) is 7.05 Å². The van der Waals surface area contributed by atoms with Gasteiger partial charge in [0.05, 0.1) is 0 Å². The van der Waals surface area contributed by atoms with Crippen molar-refractivity contribution < 1.29 is 0 Å². The first-order chi connectivity index (χ1) is 10.1. The van der Waals surface area contributed by atoms with Crippen LogP contribution in [0.5, 0.6) is 0 Å². The molecule has 0 amide bonds. The number of benzene rings is 2. The molecule has 0 aliphatic rings. The Balaban J connectivity index is 2.21. The first-order valence-corrected chi connectivity index (χ1v) is 7.74. The van der Waals surface area contributed by atoms with E-state index in [1.807, 2.05) is 18.2 Å². The van der Waals surface area contributed by atoms with Crippen molar-refractivity contribution in [1.29, 1.82) is 0 Å². The van der Waals surface area contributed by atoms with Crippen LogP contribution in [0.1, 0.15) is 30.5 Å². The van der Waals surface area contributed by atoms with E-state index in [0.29, 0.717) is 0 Å². The van der Waals surface area contributed by atoms with Gasteiger partial charge in [0.1, 0.15) is 0 Å². The Morgan fingerprint density at radius 2 is 1.67 bits per heavy atom. The van der Waals surface area contributed by atoms with E-state index in [4.69, 9.17) is 17.3 Å². The lowest BCUT2D eigenvalue weighted by atomic mass is 9.96. The van der Waals surface area contributed by atoms with Gasteiger partial charge in [0.15, 0.2) is 0 Å². The van der Waals surface area contributed by atoms with Crippen LogP contribution in [0.15, 0.2) is 54.6 Å². The highest BCUT2D eigenvalue weighted by atomic mass is 35.5. The van der Waals surface area contributed by atoms with Gasteiger partial charge in [-0.3, -0.25) is 4.90 Å². The van der Waals surface area contributed by atoms with E-state index >= 15 is 0 Å². The molecule has 0 aliphatic carbocycles. The molecule has 2 N–H and O–H groups in total. The predicted molar refractivity (Wildman–Crippen MR) is 90.4 cm³/mol. The number of hydrogen-bond donors (Lipinski definition) is 1. The van der Waals surface area contributed by atoms with Gasteiger partial charge >= 0.3 is 0 Å². The molecule has 0 saturated carbocycles. The lowest BCUT2D eigenvalue weighted by Gasteiger charge is -2.33. The summed E-state index contributed by atoms with van der Waals surface area (Å²) in [5.41, 5.74) is 8.88. The number of halogens is 1. The molecular weight excluding hydrogens is 280 g/mol. The van der Waals surface area contributed by atoms with Crippen LogP contribution in [0.25, 0.3) is 0 Å². The molecule has 0 bridgehead atoms. The topological polar surface area (TPSA) is 29.3 Å². The zero-order valence-corrected chi connectivity index (χ0v) is 13.4. The molecule has 21 heavy (non-hydrogen) atoms. The van der Waals surface area contributed by atoms with Crippen molar-refractivity contribution in [3.05, 3.63) is 70.7 Å². The summed E-state index contributed by atoms with van der Waals surface area (Å²) in [6.07, 6.45) is 0.937. The van der Waals surface area contributed by atoms with E-state index in [9.17, 15) is 0 Å². The van der Waals surface area contributed by atoms with Crippen LogP contribution in [-0.2, 0) is 6.54 Å². The zero-order chi connectivity index (χ0) is 15.2. The highest BCUT2D eigenvalue weighted by Crippen LogP contribution is 2.26. The third kappa shape index (κ3) is 4.31. The molecule has 112 valence electrons. The van der Waals surface area contributed by atoms with E-state index in [0.717, 1.165) is 18.0 Å². The third-order valence-corrected chi connectivity index (χ3v) is 4.09. The number of rotatable bonds is 6. The Morgan fingerprint density at radius 3 is 2.24 bits per heavy atom. The molecule has 0 saturated heterocycles. The minimum atomic E-state index is 0.0971. The largest absolute Gasteiger partial charge is 0.326 e. The van der Waals surface area contributed by atoms with Crippen LogP contribution in [0.2, 0.25) is 5.02 Å². The number of likely N-dealkylation sites (N-methyl/N-ethyl adjacent to an activating group) is 1. The molecule has 0 radical (unpaired) electrons. The Hall–Kier alpha value is -1.35. The van der Waals surface area contributed by atoms with Crippen molar-refractivity contribution in [3.63, 3.8) is 0 Å². The third-order valence-electron chi connectivity index (χ3n) is 3.84. The van der Waals surface area contributed by atoms with Gasteiger partial charge in [-0.1, -0.05) is 61.0 Å². The fraction of sp³-hybridized carbons (Fsp3) is 0.333. The average molecular weight is 303 g/mol. The highest BCUT2D eigenvalue weighted by Gasteiger charge is 2.23. The van der Waals surface area contributed by atoms with Gasteiger partial charge in [-0.2, -0.15) is 0 Å². The van der Waals surface area contributed by atoms with Crippen molar-refractivity contribution in [2.45, 2.75) is 32.0 Å². The summed E-state index contributed by atoms with van der Waals surface area (Å²) < 4.78 is 0. The molecule has 0 fully saturated rings. The van der Waals surface area contributed by atoms with Gasteiger partial charge in [-0.05, 0) is 36.7 Å². The molecule has 2 nitrogen and oxygen atoms in total. The number of nitrogens with zero attached hydrogens (tertiary/aromatic N) is 1. The standard InChI is InChI=1S/C18H23ClN2/c1-3-17(20)18(15-9-11-16(19)12-10-15)21(2)13-14-7-5-4-6-8-14/h4-12,17-18H,3,13,20H2,1-2H3. The van der Waals surface area contributed by atoms with Crippen molar-refractivity contribution in [3.8, 4) is 0 Å². The predicted octanol–water partition coefficient (Wildman–Crippen LogP) is 4.25. The summed E-state index contributed by atoms with van der Waals surface area (Å²) in [5, 5.41) is 0.758. The molecule has 3 heteroatoms. The summed E-state index contributed by atoms with van der Waals surface area (Å²) in [7, 11) is 2.13. The first kappa shape index (κ1) is 16.0. The summed E-state index contributed by atoms with van der Waals surface area (Å²) in [5.74, 6) is 0. The van der Waals surface area contributed by atoms with Gasteiger partial charge in [0.25, 0.3) is 0 Å². The van der Waals surface area contributed by atoms with E-state index in [1.165, 1.54) is 11.1 Å².